The summed E-state index contributed by atoms with van der Waals surface area (Å²) in [7, 11) is 0. The predicted molar refractivity (Wildman–Crippen MR) is 74.6 cm³/mol. The molecule has 3 aromatic heterocycles. The Labute approximate surface area is 109 Å². The molecule has 19 heavy (non-hydrogen) atoms. The topological polar surface area (TPSA) is 54.5 Å². The standard InChI is InChI=1S/C15H10N4/c1-2-4-13-11(3-1)15(19-18-13)14-6-5-10-9-16-8-7-12(10)17-14/h1-9H,(H,18,19). The monoisotopic (exact) mass is 246 g/mol. The van der Waals surface area contributed by atoms with Gasteiger partial charge in [-0.25, -0.2) is 4.98 Å². The maximum atomic E-state index is 4.65. The predicted octanol–water partition coefficient (Wildman–Crippen LogP) is 3.17. The van der Waals surface area contributed by atoms with Crippen molar-refractivity contribution in [2.45, 2.75) is 0 Å². The molecule has 0 aliphatic heterocycles. The fourth-order valence-corrected chi connectivity index (χ4v) is 2.26. The minimum absolute atomic E-state index is 0.871. The highest BCUT2D eigenvalue weighted by atomic mass is 15.1. The zero-order valence-electron chi connectivity index (χ0n) is 10.0. The van der Waals surface area contributed by atoms with Crippen LogP contribution in [0.3, 0.4) is 0 Å². The van der Waals surface area contributed by atoms with Gasteiger partial charge in [0.05, 0.1) is 16.7 Å². The van der Waals surface area contributed by atoms with Gasteiger partial charge in [0, 0.05) is 23.2 Å². The number of para-hydroxylation sites is 1. The smallest absolute Gasteiger partial charge is 0.118 e. The number of fused-ring (bicyclic) bond motifs is 2. The van der Waals surface area contributed by atoms with Gasteiger partial charge in [-0.3, -0.25) is 10.1 Å². The van der Waals surface area contributed by atoms with Gasteiger partial charge >= 0.3 is 0 Å². The van der Waals surface area contributed by atoms with E-state index in [1.54, 1.807) is 6.20 Å². The summed E-state index contributed by atoms with van der Waals surface area (Å²) < 4.78 is 0. The van der Waals surface area contributed by atoms with Crippen molar-refractivity contribution in [3.8, 4) is 11.4 Å². The zero-order valence-corrected chi connectivity index (χ0v) is 10.0. The minimum atomic E-state index is 0.871. The average molecular weight is 246 g/mol. The number of nitrogens with zero attached hydrogens (tertiary/aromatic N) is 3. The van der Waals surface area contributed by atoms with E-state index < -0.39 is 0 Å². The van der Waals surface area contributed by atoms with Gasteiger partial charge in [-0.2, -0.15) is 5.10 Å². The Bertz CT molecular complexity index is 879. The van der Waals surface area contributed by atoms with E-state index in [1.165, 1.54) is 0 Å². The van der Waals surface area contributed by atoms with E-state index in [4.69, 9.17) is 0 Å². The number of aromatic nitrogens is 4. The summed E-state index contributed by atoms with van der Waals surface area (Å²) in [5.41, 5.74) is 3.71. The summed E-state index contributed by atoms with van der Waals surface area (Å²) >= 11 is 0. The van der Waals surface area contributed by atoms with Crippen LogP contribution in [0, 0.1) is 0 Å². The molecule has 3 heterocycles. The van der Waals surface area contributed by atoms with Gasteiger partial charge in [0.25, 0.3) is 0 Å². The molecule has 0 amide bonds. The molecule has 1 aromatic carbocycles. The summed E-state index contributed by atoms with van der Waals surface area (Å²) in [5.74, 6) is 0. The number of hydrogen-bond acceptors (Lipinski definition) is 3. The van der Waals surface area contributed by atoms with Crippen LogP contribution in [0.2, 0.25) is 0 Å². The number of pyridine rings is 2. The fraction of sp³-hybridized carbons (Fsp3) is 0. The first kappa shape index (κ1) is 10.2. The number of rotatable bonds is 1. The molecule has 90 valence electrons. The third-order valence-corrected chi connectivity index (χ3v) is 3.20. The lowest BCUT2D eigenvalue weighted by Gasteiger charge is -2.00. The lowest BCUT2D eigenvalue weighted by molar-refractivity contribution is 1.11. The average Bonchev–Trinajstić information content (AvgIpc) is 2.91. The summed E-state index contributed by atoms with van der Waals surface area (Å²) in [5, 5.41) is 9.52. The molecular formula is C15H10N4. The Morgan fingerprint density at radius 1 is 0.947 bits per heavy atom. The van der Waals surface area contributed by atoms with E-state index >= 15 is 0 Å². The molecule has 1 N–H and O–H groups in total. The van der Waals surface area contributed by atoms with Gasteiger partial charge in [0.2, 0.25) is 0 Å². The van der Waals surface area contributed by atoms with Crippen molar-refractivity contribution >= 4 is 21.8 Å². The minimum Gasteiger partial charge on any atom is -0.277 e. The number of H-pyrrole nitrogens is 1. The first-order valence-electron chi connectivity index (χ1n) is 6.06. The van der Waals surface area contributed by atoms with E-state index in [0.717, 1.165) is 33.2 Å². The normalized spacial score (nSPS) is 11.2. The zero-order chi connectivity index (χ0) is 12.7. The molecule has 4 rings (SSSR count). The van der Waals surface area contributed by atoms with E-state index in [1.807, 2.05) is 48.7 Å². The van der Waals surface area contributed by atoms with Gasteiger partial charge in [-0.15, -0.1) is 0 Å². The molecule has 0 spiro atoms. The number of aromatic amines is 1. The summed E-state index contributed by atoms with van der Waals surface area (Å²) in [6.45, 7) is 0. The number of nitrogens with one attached hydrogen (secondary N) is 1. The van der Waals surface area contributed by atoms with E-state index in [0.29, 0.717) is 0 Å². The van der Waals surface area contributed by atoms with Gasteiger partial charge in [-0.05, 0) is 24.3 Å². The van der Waals surface area contributed by atoms with Crippen LogP contribution >= 0.6 is 0 Å². The van der Waals surface area contributed by atoms with Crippen molar-refractivity contribution in [2.75, 3.05) is 0 Å². The molecule has 0 saturated carbocycles. The van der Waals surface area contributed by atoms with Crippen molar-refractivity contribution in [3.05, 3.63) is 54.9 Å². The molecular weight excluding hydrogens is 236 g/mol. The fourth-order valence-electron chi connectivity index (χ4n) is 2.26. The highest BCUT2D eigenvalue weighted by Gasteiger charge is 2.09. The second-order valence-corrected chi connectivity index (χ2v) is 4.38. The molecule has 4 heteroatoms. The van der Waals surface area contributed by atoms with Crippen LogP contribution in [0.1, 0.15) is 0 Å². The summed E-state index contributed by atoms with van der Waals surface area (Å²) in [6, 6.07) is 14.0. The van der Waals surface area contributed by atoms with Crippen molar-refractivity contribution in [2.24, 2.45) is 0 Å². The third-order valence-electron chi connectivity index (χ3n) is 3.20. The quantitative estimate of drug-likeness (QED) is 0.561. The highest BCUT2D eigenvalue weighted by Crippen LogP contribution is 2.25. The van der Waals surface area contributed by atoms with Crippen LogP contribution in [0.5, 0.6) is 0 Å². The second kappa shape index (κ2) is 3.88. The first-order valence-corrected chi connectivity index (χ1v) is 6.06. The Balaban J connectivity index is 1.99. The van der Waals surface area contributed by atoms with Gasteiger partial charge < -0.3 is 0 Å². The van der Waals surface area contributed by atoms with Crippen LogP contribution in [0.4, 0.5) is 0 Å². The maximum absolute atomic E-state index is 4.65. The van der Waals surface area contributed by atoms with Crippen LogP contribution in [0.15, 0.2) is 54.9 Å². The Hall–Kier alpha value is -2.75. The lowest BCUT2D eigenvalue weighted by atomic mass is 10.1. The van der Waals surface area contributed by atoms with Gasteiger partial charge in [0.1, 0.15) is 5.69 Å². The summed E-state index contributed by atoms with van der Waals surface area (Å²) in [4.78, 5) is 8.74. The Morgan fingerprint density at radius 3 is 2.89 bits per heavy atom. The number of hydrogen-bond donors (Lipinski definition) is 1. The highest BCUT2D eigenvalue weighted by molar-refractivity contribution is 5.93. The van der Waals surface area contributed by atoms with Crippen LogP contribution < -0.4 is 0 Å². The molecule has 0 bridgehead atoms. The SMILES string of the molecule is c1ccc2c(-c3ccc4cnccc4n3)n[nH]c2c1. The van der Waals surface area contributed by atoms with Crippen molar-refractivity contribution < 1.29 is 0 Å². The van der Waals surface area contributed by atoms with E-state index in [-0.39, 0.29) is 0 Å². The third kappa shape index (κ3) is 1.57. The molecule has 4 aromatic rings. The lowest BCUT2D eigenvalue weighted by Crippen LogP contribution is -1.86. The van der Waals surface area contributed by atoms with Crippen molar-refractivity contribution in [1.29, 1.82) is 0 Å². The van der Waals surface area contributed by atoms with Crippen molar-refractivity contribution in [3.63, 3.8) is 0 Å². The van der Waals surface area contributed by atoms with Gasteiger partial charge in [0.15, 0.2) is 0 Å². The molecule has 0 saturated heterocycles. The van der Waals surface area contributed by atoms with Gasteiger partial charge in [-0.1, -0.05) is 18.2 Å². The molecule has 4 nitrogen and oxygen atoms in total. The molecule has 0 aliphatic rings. The second-order valence-electron chi connectivity index (χ2n) is 4.38. The van der Waals surface area contributed by atoms with Crippen LogP contribution in [-0.4, -0.2) is 20.2 Å². The Morgan fingerprint density at radius 2 is 1.89 bits per heavy atom. The first-order chi connectivity index (χ1) is 9.42. The van der Waals surface area contributed by atoms with Crippen LogP contribution in [0.25, 0.3) is 33.2 Å². The molecule has 0 aliphatic carbocycles. The molecule has 0 fully saturated rings. The largest absolute Gasteiger partial charge is 0.277 e. The maximum Gasteiger partial charge on any atom is 0.118 e. The Kier molecular flexibility index (Phi) is 2.08. The van der Waals surface area contributed by atoms with E-state index in [2.05, 4.69) is 20.2 Å². The molecule has 0 atom stereocenters. The summed E-state index contributed by atoms with van der Waals surface area (Å²) in [6.07, 6.45) is 3.57. The van der Waals surface area contributed by atoms with Crippen molar-refractivity contribution in [1.82, 2.24) is 20.2 Å². The number of benzene rings is 1. The van der Waals surface area contributed by atoms with Crippen LogP contribution in [-0.2, 0) is 0 Å². The van der Waals surface area contributed by atoms with E-state index in [9.17, 15) is 0 Å². The molecule has 0 radical (unpaired) electrons. The molecule has 0 unspecified atom stereocenters.